The van der Waals surface area contributed by atoms with Gasteiger partial charge in [-0.2, -0.15) is 0 Å². The first-order valence-corrected chi connectivity index (χ1v) is 3.94. The quantitative estimate of drug-likeness (QED) is 0.803. The molecule has 0 spiro atoms. The van der Waals surface area contributed by atoms with Crippen LogP contribution in [0.25, 0.3) is 0 Å². The van der Waals surface area contributed by atoms with Gasteiger partial charge in [-0.3, -0.25) is 0 Å². The fraction of sp³-hybridized carbons (Fsp3) is 0. The number of aromatic nitrogens is 1. The van der Waals surface area contributed by atoms with Crippen molar-refractivity contribution < 1.29 is 36.3 Å². The van der Waals surface area contributed by atoms with Gasteiger partial charge in [0.1, 0.15) is 0 Å². The van der Waals surface area contributed by atoms with Crippen molar-refractivity contribution in [2.24, 2.45) is 0 Å². The molecule has 0 amide bonds. The van der Waals surface area contributed by atoms with Crippen LogP contribution in [0.2, 0.25) is 0 Å². The molecule has 1 aromatic rings. The summed E-state index contributed by atoms with van der Waals surface area (Å²) in [6, 6.07) is 1.19. The summed E-state index contributed by atoms with van der Waals surface area (Å²) in [6.07, 6.45) is 1.23. The molecule has 0 fully saturated rings. The SMILES string of the molecule is O=C(O)c1cc(Br)cnc1C(=O)O.[Ni]. The molecule has 1 rings (SSSR count). The molecule has 0 saturated heterocycles. The Morgan fingerprint density at radius 3 is 2.29 bits per heavy atom. The molecule has 0 aliphatic carbocycles. The van der Waals surface area contributed by atoms with Crippen LogP contribution < -0.4 is 0 Å². The van der Waals surface area contributed by atoms with E-state index in [0.29, 0.717) is 4.47 Å². The summed E-state index contributed by atoms with van der Waals surface area (Å²) in [5, 5.41) is 17.2. The summed E-state index contributed by atoms with van der Waals surface area (Å²) in [5.41, 5.74) is -0.794. The van der Waals surface area contributed by atoms with Gasteiger partial charge >= 0.3 is 11.9 Å². The van der Waals surface area contributed by atoms with Crippen molar-refractivity contribution in [2.75, 3.05) is 0 Å². The molecule has 0 unspecified atom stereocenters. The van der Waals surface area contributed by atoms with Crippen LogP contribution in [0.3, 0.4) is 0 Å². The van der Waals surface area contributed by atoms with E-state index in [1.807, 2.05) is 0 Å². The van der Waals surface area contributed by atoms with E-state index in [2.05, 4.69) is 20.9 Å². The molecule has 1 aromatic heterocycles. The molecule has 0 bridgehead atoms. The Labute approximate surface area is 97.2 Å². The summed E-state index contributed by atoms with van der Waals surface area (Å²) < 4.78 is 0.426. The van der Waals surface area contributed by atoms with Crippen molar-refractivity contribution in [1.82, 2.24) is 4.98 Å². The number of carboxylic acids is 2. The molecular formula is C7H4BrNNiO4. The Morgan fingerprint density at radius 1 is 1.29 bits per heavy atom. The van der Waals surface area contributed by atoms with Gasteiger partial charge in [0, 0.05) is 27.2 Å². The third-order valence-electron chi connectivity index (χ3n) is 1.29. The van der Waals surface area contributed by atoms with Gasteiger partial charge in [-0.05, 0) is 22.0 Å². The Hall–Kier alpha value is -0.936. The summed E-state index contributed by atoms with van der Waals surface area (Å²) in [7, 11) is 0. The fourth-order valence-corrected chi connectivity index (χ4v) is 1.10. The summed E-state index contributed by atoms with van der Waals surface area (Å²) in [6.45, 7) is 0. The van der Waals surface area contributed by atoms with E-state index in [1.165, 1.54) is 12.3 Å². The minimum absolute atomic E-state index is 0. The van der Waals surface area contributed by atoms with Crippen LogP contribution >= 0.6 is 15.9 Å². The topological polar surface area (TPSA) is 87.5 Å². The molecule has 0 saturated carbocycles. The van der Waals surface area contributed by atoms with E-state index >= 15 is 0 Å². The number of nitrogens with zero attached hydrogens (tertiary/aromatic N) is 1. The maximum atomic E-state index is 10.6. The van der Waals surface area contributed by atoms with Gasteiger partial charge in [-0.15, -0.1) is 0 Å². The molecule has 14 heavy (non-hydrogen) atoms. The minimum Gasteiger partial charge on any atom is -0.478 e. The van der Waals surface area contributed by atoms with E-state index in [4.69, 9.17) is 10.2 Å². The molecule has 0 aromatic carbocycles. The monoisotopic (exact) mass is 303 g/mol. The van der Waals surface area contributed by atoms with Crippen LogP contribution in [-0.4, -0.2) is 27.1 Å². The third-order valence-corrected chi connectivity index (χ3v) is 1.72. The van der Waals surface area contributed by atoms with E-state index in [0.717, 1.165) is 0 Å². The number of halogens is 1. The van der Waals surface area contributed by atoms with Gasteiger partial charge in [0.25, 0.3) is 0 Å². The minimum atomic E-state index is -1.36. The van der Waals surface area contributed by atoms with Crippen LogP contribution in [0.15, 0.2) is 16.7 Å². The Bertz CT molecular complexity index is 382. The number of aromatic carboxylic acids is 2. The number of carboxylic acid groups (broad SMARTS) is 2. The summed E-state index contributed by atoms with van der Waals surface area (Å²) in [4.78, 5) is 24.5. The van der Waals surface area contributed by atoms with Crippen molar-refractivity contribution in [3.8, 4) is 0 Å². The van der Waals surface area contributed by atoms with Gasteiger partial charge in [0.05, 0.1) is 5.56 Å². The molecule has 78 valence electrons. The Balaban J connectivity index is 0.00000169. The predicted molar refractivity (Wildman–Crippen MR) is 45.9 cm³/mol. The molecule has 1 heterocycles. The van der Waals surface area contributed by atoms with Gasteiger partial charge in [0.2, 0.25) is 0 Å². The van der Waals surface area contributed by atoms with Gasteiger partial charge in [0.15, 0.2) is 5.69 Å². The van der Waals surface area contributed by atoms with E-state index in [-0.39, 0.29) is 22.1 Å². The van der Waals surface area contributed by atoms with E-state index < -0.39 is 17.6 Å². The van der Waals surface area contributed by atoms with Crippen molar-refractivity contribution >= 4 is 27.9 Å². The molecular weight excluding hydrogens is 301 g/mol. The maximum Gasteiger partial charge on any atom is 0.355 e. The molecule has 7 heteroatoms. The second-order valence-corrected chi connectivity index (χ2v) is 3.08. The van der Waals surface area contributed by atoms with Crippen LogP contribution in [0.1, 0.15) is 20.8 Å². The maximum absolute atomic E-state index is 10.6. The normalized spacial score (nSPS) is 8.93. The smallest absolute Gasteiger partial charge is 0.355 e. The first kappa shape index (κ1) is 13.1. The molecule has 0 radical (unpaired) electrons. The van der Waals surface area contributed by atoms with E-state index in [9.17, 15) is 9.59 Å². The van der Waals surface area contributed by atoms with Gasteiger partial charge in [-0.1, -0.05) is 0 Å². The molecule has 0 aliphatic heterocycles. The van der Waals surface area contributed by atoms with Crippen LogP contribution in [0.4, 0.5) is 0 Å². The average Bonchev–Trinajstić information content (AvgIpc) is 2.03. The number of pyridine rings is 1. The van der Waals surface area contributed by atoms with Crippen LogP contribution in [-0.2, 0) is 16.5 Å². The summed E-state index contributed by atoms with van der Waals surface area (Å²) >= 11 is 2.99. The average molecular weight is 305 g/mol. The first-order valence-electron chi connectivity index (χ1n) is 3.14. The van der Waals surface area contributed by atoms with Crippen molar-refractivity contribution in [2.45, 2.75) is 0 Å². The molecule has 2 N–H and O–H groups in total. The molecule has 0 aliphatic rings. The number of hydrogen-bond donors (Lipinski definition) is 2. The fourth-order valence-electron chi connectivity index (χ4n) is 0.773. The van der Waals surface area contributed by atoms with Gasteiger partial charge < -0.3 is 10.2 Å². The largest absolute Gasteiger partial charge is 0.478 e. The van der Waals surface area contributed by atoms with Crippen molar-refractivity contribution in [3.63, 3.8) is 0 Å². The number of carbonyl (C=O) groups is 2. The zero-order valence-corrected chi connectivity index (χ0v) is 9.08. The van der Waals surface area contributed by atoms with Gasteiger partial charge in [-0.25, -0.2) is 14.6 Å². The standard InChI is InChI=1S/C7H4BrNO4.Ni/c8-3-1-4(6(10)11)5(7(12)13)9-2-3;/h1-2H,(H,10,11)(H,12,13);. The second-order valence-electron chi connectivity index (χ2n) is 2.16. The van der Waals surface area contributed by atoms with Crippen LogP contribution in [0, 0.1) is 0 Å². The number of rotatable bonds is 2. The van der Waals surface area contributed by atoms with Crippen molar-refractivity contribution in [3.05, 3.63) is 28.0 Å². The predicted octanol–water partition coefficient (Wildman–Crippen LogP) is 1.24. The summed E-state index contributed by atoms with van der Waals surface area (Å²) in [5.74, 6) is -2.67. The second kappa shape index (κ2) is 5.07. The zero-order valence-electron chi connectivity index (χ0n) is 6.51. The first-order chi connectivity index (χ1) is 6.02. The molecule has 0 atom stereocenters. The molecule has 5 nitrogen and oxygen atoms in total. The number of hydrogen-bond acceptors (Lipinski definition) is 3. The third kappa shape index (κ3) is 2.78. The Morgan fingerprint density at radius 2 is 1.86 bits per heavy atom. The van der Waals surface area contributed by atoms with Crippen molar-refractivity contribution in [1.29, 1.82) is 0 Å². The Kier molecular flexibility index (Phi) is 4.73. The zero-order chi connectivity index (χ0) is 10.0. The van der Waals surface area contributed by atoms with E-state index in [1.54, 1.807) is 0 Å². The van der Waals surface area contributed by atoms with Crippen LogP contribution in [0.5, 0.6) is 0 Å².